The standard InChI is InChI=1S/C16H23NO/c1-12(2)16(10-3-11-17-16)13-4-6-14(7-5-13)18-15-8-9-15/h4-7,12,15,17H,3,8-11H2,1-2H3. The van der Waals surface area contributed by atoms with Crippen LogP contribution in [0.1, 0.15) is 45.1 Å². The summed E-state index contributed by atoms with van der Waals surface area (Å²) in [7, 11) is 0. The maximum atomic E-state index is 5.82. The Bertz CT molecular complexity index is 400. The molecule has 0 amide bonds. The number of benzene rings is 1. The summed E-state index contributed by atoms with van der Waals surface area (Å²) in [4.78, 5) is 0. The lowest BCUT2D eigenvalue weighted by Crippen LogP contribution is -2.41. The zero-order valence-electron chi connectivity index (χ0n) is 11.4. The van der Waals surface area contributed by atoms with E-state index in [-0.39, 0.29) is 5.54 Å². The Morgan fingerprint density at radius 2 is 1.94 bits per heavy atom. The van der Waals surface area contributed by atoms with Crippen molar-refractivity contribution in [1.29, 1.82) is 0 Å². The third-order valence-electron chi connectivity index (χ3n) is 4.37. The fourth-order valence-electron chi connectivity index (χ4n) is 3.05. The molecule has 0 spiro atoms. The van der Waals surface area contributed by atoms with Gasteiger partial charge in [0, 0.05) is 5.54 Å². The van der Waals surface area contributed by atoms with E-state index in [2.05, 4.69) is 43.4 Å². The Labute approximate surface area is 110 Å². The van der Waals surface area contributed by atoms with Gasteiger partial charge in [-0.15, -0.1) is 0 Å². The second-order valence-electron chi connectivity index (χ2n) is 6.00. The van der Waals surface area contributed by atoms with Crippen molar-refractivity contribution >= 4 is 0 Å². The third-order valence-corrected chi connectivity index (χ3v) is 4.37. The van der Waals surface area contributed by atoms with E-state index in [9.17, 15) is 0 Å². The van der Waals surface area contributed by atoms with Crippen LogP contribution in [0.5, 0.6) is 5.75 Å². The van der Waals surface area contributed by atoms with E-state index in [1.165, 1.54) is 31.2 Å². The normalized spacial score (nSPS) is 27.7. The van der Waals surface area contributed by atoms with E-state index < -0.39 is 0 Å². The highest BCUT2D eigenvalue weighted by Crippen LogP contribution is 2.38. The molecule has 2 nitrogen and oxygen atoms in total. The summed E-state index contributed by atoms with van der Waals surface area (Å²) >= 11 is 0. The topological polar surface area (TPSA) is 21.3 Å². The average Bonchev–Trinajstić information content (AvgIpc) is 3.04. The molecule has 1 atom stereocenters. The van der Waals surface area contributed by atoms with Crippen molar-refractivity contribution in [2.45, 2.75) is 51.2 Å². The first-order chi connectivity index (χ1) is 8.71. The number of nitrogens with one attached hydrogen (secondary N) is 1. The van der Waals surface area contributed by atoms with Crippen LogP contribution in [0.4, 0.5) is 0 Å². The summed E-state index contributed by atoms with van der Waals surface area (Å²) < 4.78 is 5.82. The molecule has 1 N–H and O–H groups in total. The zero-order valence-corrected chi connectivity index (χ0v) is 11.4. The van der Waals surface area contributed by atoms with Crippen LogP contribution in [-0.2, 0) is 5.54 Å². The minimum absolute atomic E-state index is 0.179. The van der Waals surface area contributed by atoms with Crippen LogP contribution < -0.4 is 10.1 Å². The van der Waals surface area contributed by atoms with E-state index in [1.54, 1.807) is 0 Å². The van der Waals surface area contributed by atoms with Crippen LogP contribution in [0.15, 0.2) is 24.3 Å². The molecule has 2 aliphatic rings. The maximum absolute atomic E-state index is 5.82. The Hall–Kier alpha value is -1.02. The second kappa shape index (κ2) is 4.58. The van der Waals surface area contributed by atoms with Gasteiger partial charge in [-0.25, -0.2) is 0 Å². The number of hydrogen-bond donors (Lipinski definition) is 1. The molecule has 1 saturated carbocycles. The highest BCUT2D eigenvalue weighted by atomic mass is 16.5. The lowest BCUT2D eigenvalue weighted by Gasteiger charge is -2.34. The van der Waals surface area contributed by atoms with Crippen molar-refractivity contribution in [1.82, 2.24) is 5.32 Å². The van der Waals surface area contributed by atoms with Crippen LogP contribution in [0, 0.1) is 5.92 Å². The second-order valence-corrected chi connectivity index (χ2v) is 6.00. The Morgan fingerprint density at radius 1 is 1.22 bits per heavy atom. The lowest BCUT2D eigenvalue weighted by atomic mass is 9.79. The minimum atomic E-state index is 0.179. The molecule has 1 aromatic rings. The Kier molecular flexibility index (Phi) is 3.06. The molecule has 1 saturated heterocycles. The Morgan fingerprint density at radius 3 is 2.44 bits per heavy atom. The Balaban J connectivity index is 1.81. The first-order valence-corrected chi connectivity index (χ1v) is 7.23. The molecule has 1 aromatic carbocycles. The average molecular weight is 245 g/mol. The van der Waals surface area contributed by atoms with E-state index in [1.807, 2.05) is 0 Å². The zero-order chi connectivity index (χ0) is 12.6. The van der Waals surface area contributed by atoms with Crippen LogP contribution >= 0.6 is 0 Å². The highest BCUT2D eigenvalue weighted by molar-refractivity contribution is 5.33. The molecular formula is C16H23NO. The van der Waals surface area contributed by atoms with Gasteiger partial charge in [0.15, 0.2) is 0 Å². The largest absolute Gasteiger partial charge is 0.490 e. The molecule has 0 aromatic heterocycles. The fourth-order valence-corrected chi connectivity index (χ4v) is 3.05. The molecule has 2 fully saturated rings. The van der Waals surface area contributed by atoms with Gasteiger partial charge in [-0.1, -0.05) is 26.0 Å². The summed E-state index contributed by atoms with van der Waals surface area (Å²) in [6.07, 6.45) is 5.45. The van der Waals surface area contributed by atoms with Gasteiger partial charge in [0.2, 0.25) is 0 Å². The highest BCUT2D eigenvalue weighted by Gasteiger charge is 2.38. The van der Waals surface area contributed by atoms with Gasteiger partial charge in [0.05, 0.1) is 6.10 Å². The van der Waals surface area contributed by atoms with E-state index >= 15 is 0 Å². The molecule has 2 heteroatoms. The van der Waals surface area contributed by atoms with Gasteiger partial charge in [0.25, 0.3) is 0 Å². The van der Waals surface area contributed by atoms with Crippen molar-refractivity contribution in [2.24, 2.45) is 5.92 Å². The molecule has 98 valence electrons. The van der Waals surface area contributed by atoms with E-state index in [0.29, 0.717) is 12.0 Å². The molecule has 1 aliphatic heterocycles. The van der Waals surface area contributed by atoms with Gasteiger partial charge in [-0.2, -0.15) is 0 Å². The van der Waals surface area contributed by atoms with Crippen molar-refractivity contribution in [3.63, 3.8) is 0 Å². The first-order valence-electron chi connectivity index (χ1n) is 7.23. The third kappa shape index (κ3) is 2.14. The van der Waals surface area contributed by atoms with Gasteiger partial charge in [-0.05, 0) is 55.8 Å². The molecule has 3 rings (SSSR count). The van der Waals surface area contributed by atoms with Crippen LogP contribution in [0.25, 0.3) is 0 Å². The van der Waals surface area contributed by atoms with E-state index in [4.69, 9.17) is 4.74 Å². The summed E-state index contributed by atoms with van der Waals surface area (Å²) in [6, 6.07) is 8.77. The summed E-state index contributed by atoms with van der Waals surface area (Å²) in [5, 5.41) is 3.72. The van der Waals surface area contributed by atoms with Gasteiger partial charge < -0.3 is 10.1 Å². The lowest BCUT2D eigenvalue weighted by molar-refractivity contribution is 0.275. The maximum Gasteiger partial charge on any atom is 0.119 e. The smallest absolute Gasteiger partial charge is 0.119 e. The molecule has 0 bridgehead atoms. The van der Waals surface area contributed by atoms with E-state index in [0.717, 1.165) is 12.3 Å². The number of ether oxygens (including phenoxy) is 1. The van der Waals surface area contributed by atoms with Gasteiger partial charge >= 0.3 is 0 Å². The van der Waals surface area contributed by atoms with Crippen molar-refractivity contribution in [3.05, 3.63) is 29.8 Å². The van der Waals surface area contributed by atoms with Crippen LogP contribution in [0.3, 0.4) is 0 Å². The van der Waals surface area contributed by atoms with Crippen molar-refractivity contribution < 1.29 is 4.74 Å². The summed E-state index contributed by atoms with van der Waals surface area (Å²) in [6.45, 7) is 5.76. The predicted octanol–water partition coefficient (Wildman–Crippen LogP) is 3.46. The monoisotopic (exact) mass is 245 g/mol. The number of rotatable bonds is 4. The molecule has 0 radical (unpaired) electrons. The molecule has 1 unspecified atom stereocenters. The molecule has 1 heterocycles. The van der Waals surface area contributed by atoms with Crippen molar-refractivity contribution in [3.8, 4) is 5.75 Å². The molecular weight excluding hydrogens is 222 g/mol. The molecule has 1 aliphatic carbocycles. The van der Waals surface area contributed by atoms with Gasteiger partial charge in [0.1, 0.15) is 5.75 Å². The van der Waals surface area contributed by atoms with Gasteiger partial charge in [-0.3, -0.25) is 0 Å². The molecule has 18 heavy (non-hydrogen) atoms. The van der Waals surface area contributed by atoms with Crippen LogP contribution in [-0.4, -0.2) is 12.6 Å². The SMILES string of the molecule is CC(C)C1(c2ccc(OC3CC3)cc2)CCCN1. The quantitative estimate of drug-likeness (QED) is 0.877. The van der Waals surface area contributed by atoms with Crippen molar-refractivity contribution in [2.75, 3.05) is 6.54 Å². The van der Waals surface area contributed by atoms with Crippen LogP contribution in [0.2, 0.25) is 0 Å². The predicted molar refractivity (Wildman–Crippen MR) is 73.8 cm³/mol. The summed E-state index contributed by atoms with van der Waals surface area (Å²) in [5.74, 6) is 1.65. The first kappa shape index (κ1) is 12.0. The summed E-state index contributed by atoms with van der Waals surface area (Å²) in [5.41, 5.74) is 1.59. The number of hydrogen-bond acceptors (Lipinski definition) is 2. The minimum Gasteiger partial charge on any atom is -0.490 e. The fraction of sp³-hybridized carbons (Fsp3) is 0.625.